The van der Waals surface area contributed by atoms with Gasteiger partial charge in [0.15, 0.2) is 16.6 Å². The number of ether oxygens (including phenoxy) is 2. The van der Waals surface area contributed by atoms with E-state index in [0.717, 1.165) is 29.7 Å². The molecule has 0 unspecified atom stereocenters. The first kappa shape index (κ1) is 23.6. The van der Waals surface area contributed by atoms with Crippen molar-refractivity contribution in [3.63, 3.8) is 0 Å². The molecule has 7 heteroatoms. The Morgan fingerprint density at radius 3 is 2.56 bits per heavy atom. The third-order valence-electron chi connectivity index (χ3n) is 5.56. The van der Waals surface area contributed by atoms with Gasteiger partial charge < -0.3 is 25.4 Å². The van der Waals surface area contributed by atoms with Crippen molar-refractivity contribution in [2.75, 3.05) is 19.0 Å². The molecule has 0 aliphatic carbocycles. The molecule has 0 saturated heterocycles. The van der Waals surface area contributed by atoms with Crippen molar-refractivity contribution >= 4 is 28.9 Å². The molecule has 0 fully saturated rings. The molecule has 3 rings (SSSR count). The van der Waals surface area contributed by atoms with Crippen molar-refractivity contribution in [3.8, 4) is 11.5 Å². The van der Waals surface area contributed by atoms with E-state index >= 15 is 0 Å². The van der Waals surface area contributed by atoms with E-state index in [4.69, 9.17) is 21.7 Å². The molecule has 3 N–H and O–H groups in total. The summed E-state index contributed by atoms with van der Waals surface area (Å²) in [6.45, 7) is 8.67. The number of aryl methyl sites for hydroxylation is 2. The molecule has 1 heterocycles. The van der Waals surface area contributed by atoms with Crippen molar-refractivity contribution in [3.05, 3.63) is 64.4 Å². The van der Waals surface area contributed by atoms with Gasteiger partial charge in [-0.2, -0.15) is 0 Å². The summed E-state index contributed by atoms with van der Waals surface area (Å²) in [4.78, 5) is 13.3. The van der Waals surface area contributed by atoms with E-state index < -0.39 is 6.04 Å². The lowest BCUT2D eigenvalue weighted by molar-refractivity contribution is -0.113. The van der Waals surface area contributed by atoms with E-state index in [-0.39, 0.29) is 5.91 Å². The summed E-state index contributed by atoms with van der Waals surface area (Å²) >= 11 is 5.37. The van der Waals surface area contributed by atoms with Crippen LogP contribution in [0.15, 0.2) is 47.7 Å². The Hall–Kier alpha value is -3.06. The summed E-state index contributed by atoms with van der Waals surface area (Å²) in [7, 11) is 1.61. The fourth-order valence-corrected chi connectivity index (χ4v) is 3.84. The Balaban J connectivity index is 1.91. The van der Waals surface area contributed by atoms with Gasteiger partial charge in [0.2, 0.25) is 0 Å². The molecule has 1 aliphatic rings. The molecular weight excluding hydrogens is 422 g/mol. The Bertz CT molecular complexity index is 1050. The van der Waals surface area contributed by atoms with Gasteiger partial charge in [-0.05, 0) is 80.4 Å². The molecular formula is C25H31N3O3S. The Morgan fingerprint density at radius 2 is 1.88 bits per heavy atom. The Kier molecular flexibility index (Phi) is 7.75. The zero-order valence-corrected chi connectivity index (χ0v) is 20.1. The first-order valence-electron chi connectivity index (χ1n) is 10.8. The third-order valence-corrected chi connectivity index (χ3v) is 5.77. The molecule has 170 valence electrons. The van der Waals surface area contributed by atoms with Gasteiger partial charge in [-0.1, -0.05) is 25.5 Å². The second-order valence-electron chi connectivity index (χ2n) is 7.94. The van der Waals surface area contributed by atoms with Gasteiger partial charge >= 0.3 is 0 Å². The predicted octanol–water partition coefficient (Wildman–Crippen LogP) is 4.92. The molecule has 0 aromatic heterocycles. The SMILES string of the molecule is CCCCOc1ccc([C@@H]2NC(=S)NC(C)=C2C(=O)Nc2ccc(C)c(C)c2)cc1OC. The molecule has 0 spiro atoms. The van der Waals surface area contributed by atoms with Gasteiger partial charge in [0.1, 0.15) is 0 Å². The number of carbonyl (C=O) groups is 1. The van der Waals surface area contributed by atoms with Crippen LogP contribution < -0.4 is 25.4 Å². The fourth-order valence-electron chi connectivity index (χ4n) is 3.57. The lowest BCUT2D eigenvalue weighted by atomic mass is 9.94. The summed E-state index contributed by atoms with van der Waals surface area (Å²) < 4.78 is 11.4. The van der Waals surface area contributed by atoms with Crippen LogP contribution in [0.4, 0.5) is 5.69 Å². The lowest BCUT2D eigenvalue weighted by Crippen LogP contribution is -2.45. The normalized spacial score (nSPS) is 15.7. The number of amides is 1. The molecule has 32 heavy (non-hydrogen) atoms. The maximum Gasteiger partial charge on any atom is 0.255 e. The van der Waals surface area contributed by atoms with Gasteiger partial charge in [0.25, 0.3) is 5.91 Å². The highest BCUT2D eigenvalue weighted by Crippen LogP contribution is 2.34. The Labute approximate surface area is 195 Å². The minimum absolute atomic E-state index is 0.194. The number of hydrogen-bond donors (Lipinski definition) is 3. The highest BCUT2D eigenvalue weighted by Gasteiger charge is 2.30. The summed E-state index contributed by atoms with van der Waals surface area (Å²) in [5, 5.41) is 9.80. The van der Waals surface area contributed by atoms with E-state index in [0.29, 0.717) is 34.5 Å². The molecule has 1 aliphatic heterocycles. The second-order valence-corrected chi connectivity index (χ2v) is 8.34. The number of rotatable bonds is 8. The summed E-state index contributed by atoms with van der Waals surface area (Å²) in [6, 6.07) is 11.2. The van der Waals surface area contributed by atoms with Crippen LogP contribution in [-0.2, 0) is 4.79 Å². The maximum atomic E-state index is 13.3. The smallest absolute Gasteiger partial charge is 0.255 e. The number of carbonyl (C=O) groups excluding carboxylic acids is 1. The monoisotopic (exact) mass is 453 g/mol. The van der Waals surface area contributed by atoms with Gasteiger partial charge in [0.05, 0.1) is 25.3 Å². The number of thiocarbonyl (C=S) groups is 1. The Morgan fingerprint density at radius 1 is 1.09 bits per heavy atom. The zero-order chi connectivity index (χ0) is 23.3. The summed E-state index contributed by atoms with van der Waals surface area (Å²) in [5.41, 5.74) is 5.19. The molecule has 0 radical (unpaired) electrons. The van der Waals surface area contributed by atoms with Crippen molar-refractivity contribution in [2.24, 2.45) is 0 Å². The fraction of sp³-hybridized carbons (Fsp3) is 0.360. The van der Waals surface area contributed by atoms with E-state index in [1.54, 1.807) is 7.11 Å². The van der Waals surface area contributed by atoms with E-state index in [2.05, 4.69) is 22.9 Å². The van der Waals surface area contributed by atoms with Crippen molar-refractivity contribution in [2.45, 2.75) is 46.6 Å². The van der Waals surface area contributed by atoms with Crippen molar-refractivity contribution < 1.29 is 14.3 Å². The number of methoxy groups -OCH3 is 1. The van der Waals surface area contributed by atoms with Crippen LogP contribution in [-0.4, -0.2) is 24.7 Å². The molecule has 1 atom stereocenters. The van der Waals surface area contributed by atoms with E-state index in [1.165, 1.54) is 5.56 Å². The van der Waals surface area contributed by atoms with Crippen LogP contribution in [0.1, 0.15) is 49.4 Å². The largest absolute Gasteiger partial charge is 0.493 e. The van der Waals surface area contributed by atoms with E-state index in [9.17, 15) is 4.79 Å². The molecule has 6 nitrogen and oxygen atoms in total. The minimum atomic E-state index is -0.422. The molecule has 2 aromatic carbocycles. The van der Waals surface area contributed by atoms with Crippen molar-refractivity contribution in [1.82, 2.24) is 10.6 Å². The predicted molar refractivity (Wildman–Crippen MR) is 132 cm³/mol. The topological polar surface area (TPSA) is 71.6 Å². The van der Waals surface area contributed by atoms with Crippen LogP contribution in [0.3, 0.4) is 0 Å². The first-order valence-corrected chi connectivity index (χ1v) is 11.2. The standard InChI is InChI=1S/C25H31N3O3S/c1-6-7-12-31-20-11-9-18(14-21(20)30-5)23-22(17(4)26-25(32)28-23)24(29)27-19-10-8-15(2)16(3)13-19/h8-11,13-14,23H,6-7,12H2,1-5H3,(H,27,29)(H2,26,28,32)/t23-/m0/s1. The maximum absolute atomic E-state index is 13.3. The highest BCUT2D eigenvalue weighted by molar-refractivity contribution is 7.80. The summed E-state index contributed by atoms with van der Waals surface area (Å²) in [5.74, 6) is 1.11. The number of anilines is 1. The van der Waals surface area contributed by atoms with Gasteiger partial charge in [-0.3, -0.25) is 4.79 Å². The van der Waals surface area contributed by atoms with Crippen LogP contribution in [0.2, 0.25) is 0 Å². The average Bonchev–Trinajstić information content (AvgIpc) is 2.76. The number of allylic oxidation sites excluding steroid dienone is 1. The van der Waals surface area contributed by atoms with Crippen molar-refractivity contribution in [1.29, 1.82) is 0 Å². The number of benzene rings is 2. The average molecular weight is 454 g/mol. The van der Waals surface area contributed by atoms with Gasteiger partial charge in [0, 0.05) is 11.4 Å². The zero-order valence-electron chi connectivity index (χ0n) is 19.3. The minimum Gasteiger partial charge on any atom is -0.493 e. The molecule has 0 bridgehead atoms. The van der Waals surface area contributed by atoms with Crippen LogP contribution in [0, 0.1) is 13.8 Å². The van der Waals surface area contributed by atoms with Gasteiger partial charge in [-0.15, -0.1) is 0 Å². The van der Waals surface area contributed by atoms with Gasteiger partial charge in [-0.25, -0.2) is 0 Å². The summed E-state index contributed by atoms with van der Waals surface area (Å²) in [6.07, 6.45) is 2.03. The first-order chi connectivity index (χ1) is 15.3. The highest BCUT2D eigenvalue weighted by atomic mass is 32.1. The molecule has 1 amide bonds. The molecule has 2 aromatic rings. The number of nitrogens with one attached hydrogen (secondary N) is 3. The van der Waals surface area contributed by atoms with Crippen LogP contribution >= 0.6 is 12.2 Å². The lowest BCUT2D eigenvalue weighted by Gasteiger charge is -2.30. The van der Waals surface area contributed by atoms with E-state index in [1.807, 2.05) is 57.2 Å². The second kappa shape index (κ2) is 10.5. The quantitative estimate of drug-likeness (QED) is 0.389. The molecule has 0 saturated carbocycles. The number of hydrogen-bond acceptors (Lipinski definition) is 4. The number of unbranched alkanes of at least 4 members (excludes halogenated alkanes) is 1. The van der Waals surface area contributed by atoms with Crippen LogP contribution in [0.25, 0.3) is 0 Å². The third kappa shape index (κ3) is 5.40. The van der Waals surface area contributed by atoms with Crippen LogP contribution in [0.5, 0.6) is 11.5 Å².